The summed E-state index contributed by atoms with van der Waals surface area (Å²) < 4.78 is 0. The molecule has 0 radical (unpaired) electrons. The van der Waals surface area contributed by atoms with Crippen LogP contribution in [-0.2, 0) is 4.79 Å². The van der Waals surface area contributed by atoms with Crippen molar-refractivity contribution in [3.63, 3.8) is 0 Å². The van der Waals surface area contributed by atoms with E-state index >= 15 is 0 Å². The molecule has 3 heteroatoms. The van der Waals surface area contributed by atoms with Crippen LogP contribution in [0.25, 0.3) is 0 Å². The fourth-order valence-electron chi connectivity index (χ4n) is 3.02. The second-order valence-electron chi connectivity index (χ2n) is 5.49. The van der Waals surface area contributed by atoms with E-state index in [0.29, 0.717) is 19.4 Å². The van der Waals surface area contributed by atoms with Crippen LogP contribution >= 0.6 is 0 Å². The molecule has 1 aromatic rings. The van der Waals surface area contributed by atoms with E-state index in [2.05, 4.69) is 6.07 Å². The number of rotatable bonds is 3. The van der Waals surface area contributed by atoms with Gasteiger partial charge in [-0.15, -0.1) is 0 Å². The van der Waals surface area contributed by atoms with Crippen LogP contribution in [0.4, 0.5) is 5.69 Å². The van der Waals surface area contributed by atoms with Gasteiger partial charge in [0.25, 0.3) is 0 Å². The molecular formula is C17H22N2O. The summed E-state index contributed by atoms with van der Waals surface area (Å²) in [6.07, 6.45) is 5.62. The maximum absolute atomic E-state index is 12.9. The Morgan fingerprint density at radius 1 is 1.20 bits per heavy atom. The van der Waals surface area contributed by atoms with Crippen molar-refractivity contribution in [3.05, 3.63) is 30.3 Å². The van der Waals surface area contributed by atoms with Gasteiger partial charge in [-0.1, -0.05) is 43.9 Å². The lowest BCUT2D eigenvalue weighted by Crippen LogP contribution is -2.43. The van der Waals surface area contributed by atoms with Crippen LogP contribution in [0.2, 0.25) is 0 Å². The van der Waals surface area contributed by atoms with Crippen molar-refractivity contribution < 1.29 is 4.79 Å². The van der Waals surface area contributed by atoms with Crippen molar-refractivity contribution in [2.24, 2.45) is 5.41 Å². The quantitative estimate of drug-likeness (QED) is 0.782. The van der Waals surface area contributed by atoms with Gasteiger partial charge in [-0.3, -0.25) is 4.79 Å². The van der Waals surface area contributed by atoms with Crippen LogP contribution in [0.15, 0.2) is 30.3 Å². The zero-order valence-electron chi connectivity index (χ0n) is 12.1. The maximum atomic E-state index is 12.9. The second-order valence-corrected chi connectivity index (χ2v) is 5.49. The number of amides is 1. The van der Waals surface area contributed by atoms with E-state index in [1.54, 1.807) is 4.90 Å². The van der Waals surface area contributed by atoms with Crippen LogP contribution in [0, 0.1) is 16.7 Å². The minimum atomic E-state index is -0.817. The molecule has 3 nitrogen and oxygen atoms in total. The van der Waals surface area contributed by atoms with Gasteiger partial charge in [-0.05, 0) is 31.9 Å². The first-order chi connectivity index (χ1) is 9.73. The molecule has 0 N–H and O–H groups in total. The van der Waals surface area contributed by atoms with Crippen molar-refractivity contribution in [1.29, 1.82) is 5.26 Å². The summed E-state index contributed by atoms with van der Waals surface area (Å²) in [5.41, 5.74) is 0.0707. The van der Waals surface area contributed by atoms with Gasteiger partial charge in [-0.2, -0.15) is 5.26 Å². The predicted octanol–water partition coefficient (Wildman–Crippen LogP) is 3.90. The Morgan fingerprint density at radius 3 is 2.30 bits per heavy atom. The number of carbonyl (C=O) groups is 1. The molecular weight excluding hydrogens is 248 g/mol. The average molecular weight is 270 g/mol. The predicted molar refractivity (Wildman–Crippen MR) is 80.2 cm³/mol. The minimum absolute atomic E-state index is 0.0180. The number of hydrogen-bond acceptors (Lipinski definition) is 2. The Bertz CT molecular complexity index is 481. The van der Waals surface area contributed by atoms with Crippen molar-refractivity contribution in [2.45, 2.75) is 45.4 Å². The molecule has 20 heavy (non-hydrogen) atoms. The minimum Gasteiger partial charge on any atom is -0.311 e. The van der Waals surface area contributed by atoms with Gasteiger partial charge < -0.3 is 4.90 Å². The number of anilines is 1. The highest BCUT2D eigenvalue weighted by Crippen LogP contribution is 2.37. The molecule has 1 amide bonds. The first-order valence-electron chi connectivity index (χ1n) is 7.52. The molecule has 1 aromatic carbocycles. The van der Waals surface area contributed by atoms with E-state index in [1.165, 1.54) is 0 Å². The molecule has 0 spiro atoms. The Balaban J connectivity index is 2.29. The number of para-hydroxylation sites is 1. The third-order valence-corrected chi connectivity index (χ3v) is 4.21. The summed E-state index contributed by atoms with van der Waals surface area (Å²) in [7, 11) is 0. The van der Waals surface area contributed by atoms with Crippen molar-refractivity contribution in [2.75, 3.05) is 11.4 Å². The van der Waals surface area contributed by atoms with Crippen LogP contribution in [0.1, 0.15) is 45.4 Å². The van der Waals surface area contributed by atoms with Gasteiger partial charge in [0.15, 0.2) is 0 Å². The third-order valence-electron chi connectivity index (χ3n) is 4.21. The van der Waals surface area contributed by atoms with Crippen molar-refractivity contribution in [3.8, 4) is 6.07 Å². The highest BCUT2D eigenvalue weighted by atomic mass is 16.2. The lowest BCUT2D eigenvalue weighted by atomic mass is 9.80. The summed E-state index contributed by atoms with van der Waals surface area (Å²) in [5, 5.41) is 9.63. The first-order valence-corrected chi connectivity index (χ1v) is 7.52. The molecule has 0 aromatic heterocycles. The lowest BCUT2D eigenvalue weighted by Gasteiger charge is -2.31. The van der Waals surface area contributed by atoms with Crippen LogP contribution in [0.3, 0.4) is 0 Å². The third kappa shape index (κ3) is 2.85. The van der Waals surface area contributed by atoms with E-state index in [4.69, 9.17) is 0 Å². The number of carbonyl (C=O) groups excluding carboxylic acids is 1. The van der Waals surface area contributed by atoms with Crippen molar-refractivity contribution >= 4 is 11.6 Å². The Labute approximate surface area is 121 Å². The summed E-state index contributed by atoms with van der Waals surface area (Å²) >= 11 is 0. The zero-order chi connectivity index (χ0) is 14.4. The zero-order valence-corrected chi connectivity index (χ0v) is 12.1. The Hall–Kier alpha value is -1.82. The number of benzene rings is 1. The topological polar surface area (TPSA) is 44.1 Å². The Kier molecular flexibility index (Phi) is 4.79. The molecule has 0 bridgehead atoms. The first kappa shape index (κ1) is 14.6. The van der Waals surface area contributed by atoms with E-state index in [1.807, 2.05) is 37.3 Å². The number of nitrogens with zero attached hydrogens (tertiary/aromatic N) is 2. The van der Waals surface area contributed by atoms with E-state index in [0.717, 1.165) is 31.4 Å². The molecule has 0 aliphatic heterocycles. The highest BCUT2D eigenvalue weighted by molar-refractivity contribution is 5.99. The number of hydrogen-bond donors (Lipinski definition) is 0. The summed E-state index contributed by atoms with van der Waals surface area (Å²) in [5.74, 6) is -0.0180. The Morgan fingerprint density at radius 2 is 1.80 bits per heavy atom. The molecule has 106 valence electrons. The molecule has 1 saturated carbocycles. The van der Waals surface area contributed by atoms with Crippen LogP contribution in [0.5, 0.6) is 0 Å². The molecule has 0 heterocycles. The number of nitriles is 1. The molecule has 0 saturated heterocycles. The lowest BCUT2D eigenvalue weighted by molar-refractivity contribution is -0.126. The standard InChI is InChI=1S/C17H22N2O/c1-2-19(15-10-6-5-7-11-15)16(20)17(14-18)12-8-3-4-9-13-17/h5-7,10-11H,2-4,8-9,12-13H2,1H3. The van der Waals surface area contributed by atoms with E-state index < -0.39 is 5.41 Å². The van der Waals surface area contributed by atoms with Gasteiger partial charge in [0.05, 0.1) is 6.07 Å². The molecule has 1 fully saturated rings. The van der Waals surface area contributed by atoms with E-state index in [9.17, 15) is 10.1 Å². The average Bonchev–Trinajstić information content (AvgIpc) is 2.75. The molecule has 0 atom stereocenters. The monoisotopic (exact) mass is 270 g/mol. The van der Waals surface area contributed by atoms with Gasteiger partial charge >= 0.3 is 0 Å². The highest BCUT2D eigenvalue weighted by Gasteiger charge is 2.41. The van der Waals surface area contributed by atoms with Crippen molar-refractivity contribution in [1.82, 2.24) is 0 Å². The fourth-order valence-corrected chi connectivity index (χ4v) is 3.02. The fraction of sp³-hybridized carbons (Fsp3) is 0.529. The van der Waals surface area contributed by atoms with Gasteiger partial charge in [-0.25, -0.2) is 0 Å². The normalized spacial score (nSPS) is 17.8. The van der Waals surface area contributed by atoms with Crippen LogP contribution in [-0.4, -0.2) is 12.5 Å². The summed E-state index contributed by atoms with van der Waals surface area (Å²) in [4.78, 5) is 14.7. The van der Waals surface area contributed by atoms with E-state index in [-0.39, 0.29) is 5.91 Å². The molecule has 0 unspecified atom stereocenters. The van der Waals surface area contributed by atoms with Gasteiger partial charge in [0.2, 0.25) is 5.91 Å². The molecule has 1 aliphatic rings. The second kappa shape index (κ2) is 6.56. The maximum Gasteiger partial charge on any atom is 0.247 e. The van der Waals surface area contributed by atoms with Gasteiger partial charge in [0, 0.05) is 12.2 Å². The van der Waals surface area contributed by atoms with Crippen LogP contribution < -0.4 is 4.90 Å². The SMILES string of the molecule is CCN(C(=O)C1(C#N)CCCCCC1)c1ccccc1. The smallest absolute Gasteiger partial charge is 0.247 e. The largest absolute Gasteiger partial charge is 0.311 e. The molecule has 2 rings (SSSR count). The van der Waals surface area contributed by atoms with Gasteiger partial charge in [0.1, 0.15) is 5.41 Å². The summed E-state index contributed by atoms with van der Waals surface area (Å²) in [6.45, 7) is 2.57. The molecule has 1 aliphatic carbocycles. The summed E-state index contributed by atoms with van der Waals surface area (Å²) in [6, 6.07) is 12.0.